The minimum atomic E-state index is -0.485. The van der Waals surface area contributed by atoms with Crippen LogP contribution in [-0.4, -0.2) is 18.4 Å². The van der Waals surface area contributed by atoms with Crippen molar-refractivity contribution in [3.8, 4) is 11.8 Å². The number of aryl methyl sites for hydroxylation is 3. The average Bonchev–Trinajstić information content (AvgIpc) is 2.82. The number of nitriles is 1. The van der Waals surface area contributed by atoms with Crippen LogP contribution >= 0.6 is 15.9 Å². The molecule has 2 N–H and O–H groups in total. The van der Waals surface area contributed by atoms with Gasteiger partial charge in [0.05, 0.1) is 4.47 Å². The second-order valence-electron chi connectivity index (χ2n) is 8.20. The van der Waals surface area contributed by atoms with E-state index in [-0.39, 0.29) is 18.1 Å². The van der Waals surface area contributed by atoms with Crippen molar-refractivity contribution in [3.63, 3.8) is 0 Å². The third-order valence-electron chi connectivity index (χ3n) is 5.63. The molecule has 0 aliphatic carbocycles. The van der Waals surface area contributed by atoms with Crippen molar-refractivity contribution in [1.29, 1.82) is 5.26 Å². The first kappa shape index (κ1) is 25.7. The van der Waals surface area contributed by atoms with Gasteiger partial charge in [-0.05, 0) is 108 Å². The maximum atomic E-state index is 12.6. The Morgan fingerprint density at radius 1 is 0.971 bits per heavy atom. The molecule has 35 heavy (non-hydrogen) atoms. The van der Waals surface area contributed by atoms with Crippen molar-refractivity contribution in [3.05, 3.63) is 92.5 Å². The zero-order valence-electron chi connectivity index (χ0n) is 20.0. The van der Waals surface area contributed by atoms with Crippen molar-refractivity contribution in [2.75, 3.05) is 17.2 Å². The average molecular weight is 532 g/mol. The number of nitrogens with zero attached hydrogens (tertiary/aromatic N) is 1. The number of benzene rings is 3. The summed E-state index contributed by atoms with van der Waals surface area (Å²) in [5.74, 6) is -0.296. The van der Waals surface area contributed by atoms with Crippen molar-refractivity contribution in [2.24, 2.45) is 0 Å². The lowest BCUT2D eigenvalue weighted by atomic mass is 10.1. The van der Waals surface area contributed by atoms with E-state index in [1.807, 2.05) is 64.1 Å². The van der Waals surface area contributed by atoms with E-state index in [1.165, 1.54) is 6.08 Å². The molecule has 7 heteroatoms. The van der Waals surface area contributed by atoms with Crippen LogP contribution in [0.25, 0.3) is 6.08 Å². The van der Waals surface area contributed by atoms with Gasteiger partial charge in [0.1, 0.15) is 17.4 Å². The highest BCUT2D eigenvalue weighted by atomic mass is 79.9. The number of carbonyl (C=O) groups excluding carboxylic acids is 2. The molecule has 3 rings (SSSR count). The van der Waals surface area contributed by atoms with E-state index in [0.717, 1.165) is 22.3 Å². The smallest absolute Gasteiger partial charge is 0.266 e. The lowest BCUT2D eigenvalue weighted by Gasteiger charge is -2.11. The van der Waals surface area contributed by atoms with Gasteiger partial charge in [0.15, 0.2) is 6.61 Å². The molecule has 178 valence electrons. The standard InChI is InChI=1S/C28H26BrN3O3/c1-17-8-10-23(12-19(17)3)31-27(33)16-35-26-11-9-21(14-24(26)29)13-22(15-30)28(34)32-25-7-5-6-18(2)20(25)4/h5-14H,16H2,1-4H3,(H,31,33)(H,32,34)/b22-13-. The number of hydrogen-bond acceptors (Lipinski definition) is 4. The Kier molecular flexibility index (Phi) is 8.45. The zero-order chi connectivity index (χ0) is 25.5. The molecular formula is C28H26BrN3O3. The molecular weight excluding hydrogens is 506 g/mol. The molecule has 0 radical (unpaired) electrons. The fourth-order valence-corrected chi connectivity index (χ4v) is 3.79. The zero-order valence-corrected chi connectivity index (χ0v) is 21.6. The van der Waals surface area contributed by atoms with Gasteiger partial charge in [-0.2, -0.15) is 5.26 Å². The molecule has 0 unspecified atom stereocenters. The largest absolute Gasteiger partial charge is 0.483 e. The fourth-order valence-electron chi connectivity index (χ4n) is 3.27. The van der Waals surface area contributed by atoms with E-state index in [0.29, 0.717) is 27.2 Å². The van der Waals surface area contributed by atoms with Gasteiger partial charge in [-0.1, -0.05) is 24.3 Å². The summed E-state index contributed by atoms with van der Waals surface area (Å²) in [5, 5.41) is 15.1. The Balaban J connectivity index is 1.65. The number of nitrogens with one attached hydrogen (secondary N) is 2. The normalized spacial score (nSPS) is 10.9. The van der Waals surface area contributed by atoms with Gasteiger partial charge in [-0.15, -0.1) is 0 Å². The fraction of sp³-hybridized carbons (Fsp3) is 0.179. The van der Waals surface area contributed by atoms with E-state index in [1.54, 1.807) is 24.3 Å². The lowest BCUT2D eigenvalue weighted by Crippen LogP contribution is -2.20. The first-order valence-corrected chi connectivity index (χ1v) is 11.8. The molecule has 0 heterocycles. The van der Waals surface area contributed by atoms with Gasteiger partial charge in [0.2, 0.25) is 0 Å². The number of rotatable bonds is 7. The van der Waals surface area contributed by atoms with E-state index in [2.05, 4.69) is 26.6 Å². The maximum absolute atomic E-state index is 12.6. The minimum Gasteiger partial charge on any atom is -0.483 e. The summed E-state index contributed by atoms with van der Waals surface area (Å²) in [6, 6.07) is 18.4. The summed E-state index contributed by atoms with van der Waals surface area (Å²) >= 11 is 3.43. The molecule has 0 saturated carbocycles. The number of hydrogen-bond donors (Lipinski definition) is 2. The highest BCUT2D eigenvalue weighted by molar-refractivity contribution is 9.10. The highest BCUT2D eigenvalue weighted by Gasteiger charge is 2.13. The van der Waals surface area contributed by atoms with Gasteiger partial charge >= 0.3 is 0 Å². The first-order chi connectivity index (χ1) is 16.7. The molecule has 0 atom stereocenters. The van der Waals surface area contributed by atoms with E-state index in [4.69, 9.17) is 4.74 Å². The molecule has 0 aromatic heterocycles. The van der Waals surface area contributed by atoms with Crippen LogP contribution in [0, 0.1) is 39.0 Å². The molecule has 0 aliphatic heterocycles. The number of carbonyl (C=O) groups is 2. The van der Waals surface area contributed by atoms with Crippen LogP contribution < -0.4 is 15.4 Å². The summed E-state index contributed by atoms with van der Waals surface area (Å²) in [5.41, 5.74) is 6.23. The Bertz CT molecular complexity index is 1360. The molecule has 0 aliphatic rings. The number of halogens is 1. The van der Waals surface area contributed by atoms with Crippen LogP contribution in [0.1, 0.15) is 27.8 Å². The van der Waals surface area contributed by atoms with E-state index < -0.39 is 5.91 Å². The quantitative estimate of drug-likeness (QED) is 0.278. The molecule has 0 fully saturated rings. The van der Waals surface area contributed by atoms with Crippen LogP contribution in [0.3, 0.4) is 0 Å². The van der Waals surface area contributed by atoms with Crippen LogP contribution in [0.15, 0.2) is 64.6 Å². The molecule has 0 spiro atoms. The number of anilines is 2. The molecule has 0 saturated heterocycles. The van der Waals surface area contributed by atoms with Gasteiger partial charge in [-0.3, -0.25) is 9.59 Å². The second kappa shape index (κ2) is 11.5. The Labute approximate surface area is 213 Å². The summed E-state index contributed by atoms with van der Waals surface area (Å²) in [7, 11) is 0. The highest BCUT2D eigenvalue weighted by Crippen LogP contribution is 2.27. The van der Waals surface area contributed by atoms with Crippen LogP contribution in [-0.2, 0) is 9.59 Å². The summed E-state index contributed by atoms with van der Waals surface area (Å²) in [6.07, 6.45) is 1.50. The van der Waals surface area contributed by atoms with Gasteiger partial charge in [0.25, 0.3) is 11.8 Å². The summed E-state index contributed by atoms with van der Waals surface area (Å²) < 4.78 is 6.23. The second-order valence-corrected chi connectivity index (χ2v) is 9.05. The number of ether oxygens (including phenoxy) is 1. The van der Waals surface area contributed by atoms with E-state index >= 15 is 0 Å². The first-order valence-electron chi connectivity index (χ1n) is 11.0. The van der Waals surface area contributed by atoms with Crippen molar-refractivity contribution in [2.45, 2.75) is 27.7 Å². The summed E-state index contributed by atoms with van der Waals surface area (Å²) in [4.78, 5) is 24.9. The Morgan fingerprint density at radius 2 is 1.74 bits per heavy atom. The lowest BCUT2D eigenvalue weighted by molar-refractivity contribution is -0.118. The van der Waals surface area contributed by atoms with Crippen LogP contribution in [0.2, 0.25) is 0 Å². The molecule has 3 aromatic rings. The van der Waals surface area contributed by atoms with Gasteiger partial charge in [0, 0.05) is 11.4 Å². The summed E-state index contributed by atoms with van der Waals surface area (Å²) in [6.45, 7) is 7.71. The molecule has 0 bridgehead atoms. The third kappa shape index (κ3) is 6.81. The van der Waals surface area contributed by atoms with Crippen molar-refractivity contribution in [1.82, 2.24) is 0 Å². The van der Waals surface area contributed by atoms with Crippen LogP contribution in [0.5, 0.6) is 5.75 Å². The predicted molar refractivity (Wildman–Crippen MR) is 142 cm³/mol. The van der Waals surface area contributed by atoms with Crippen LogP contribution in [0.4, 0.5) is 11.4 Å². The van der Waals surface area contributed by atoms with Crippen molar-refractivity contribution >= 4 is 45.2 Å². The van der Waals surface area contributed by atoms with Gasteiger partial charge in [-0.25, -0.2) is 0 Å². The topological polar surface area (TPSA) is 91.2 Å². The molecule has 3 aromatic carbocycles. The SMILES string of the molecule is Cc1ccc(NC(=O)COc2ccc(/C=C(/C#N)C(=O)Nc3cccc(C)c3C)cc2Br)cc1C. The Morgan fingerprint density at radius 3 is 2.43 bits per heavy atom. The molecule has 6 nitrogen and oxygen atoms in total. The minimum absolute atomic E-state index is 0.0285. The number of amides is 2. The maximum Gasteiger partial charge on any atom is 0.266 e. The third-order valence-corrected chi connectivity index (χ3v) is 6.25. The van der Waals surface area contributed by atoms with Gasteiger partial charge < -0.3 is 15.4 Å². The van der Waals surface area contributed by atoms with Crippen molar-refractivity contribution < 1.29 is 14.3 Å². The predicted octanol–water partition coefficient (Wildman–Crippen LogP) is 6.25. The monoisotopic (exact) mass is 531 g/mol. The molecule has 2 amide bonds. The Hall–Kier alpha value is -3.89. The van der Waals surface area contributed by atoms with E-state index in [9.17, 15) is 14.9 Å².